The molecule has 6 heteroatoms. The Morgan fingerprint density at radius 3 is 2.67 bits per heavy atom. The average Bonchev–Trinajstić information content (AvgIpc) is 2.31. The molecule has 0 heterocycles. The molecule has 0 saturated carbocycles. The second kappa shape index (κ2) is 6.56. The lowest BCUT2D eigenvalue weighted by Crippen LogP contribution is -2.35. The number of carbonyl (C=O) groups excluding carboxylic acids is 1. The number of hydrogen-bond donors (Lipinski definition) is 1. The third kappa shape index (κ3) is 3.85. The van der Waals surface area contributed by atoms with Gasteiger partial charge in [-0.3, -0.25) is 9.59 Å². The molecule has 0 aliphatic heterocycles. The minimum atomic E-state index is -1.07. The van der Waals surface area contributed by atoms with Crippen molar-refractivity contribution in [2.75, 3.05) is 13.1 Å². The van der Waals surface area contributed by atoms with Gasteiger partial charge in [0.25, 0.3) is 5.91 Å². The van der Waals surface area contributed by atoms with Crippen LogP contribution >= 0.6 is 27.5 Å². The highest BCUT2D eigenvalue weighted by atomic mass is 79.9. The first-order valence-corrected chi connectivity index (χ1v) is 6.19. The Morgan fingerprint density at radius 1 is 1.50 bits per heavy atom. The monoisotopic (exact) mass is 331 g/mol. The van der Waals surface area contributed by atoms with Crippen molar-refractivity contribution >= 4 is 39.4 Å². The summed E-state index contributed by atoms with van der Waals surface area (Å²) in [4.78, 5) is 24.0. The topological polar surface area (TPSA) is 57.6 Å². The third-order valence-corrected chi connectivity index (χ3v) is 3.34. The van der Waals surface area contributed by atoms with Crippen LogP contribution in [0.2, 0.25) is 5.02 Å². The molecule has 1 rings (SSSR count). The van der Waals surface area contributed by atoms with Gasteiger partial charge in [0, 0.05) is 16.6 Å². The fraction of sp³-hybridized carbons (Fsp3) is 0.167. The van der Waals surface area contributed by atoms with Crippen LogP contribution in [-0.4, -0.2) is 35.0 Å². The van der Waals surface area contributed by atoms with Crippen LogP contribution in [0.25, 0.3) is 0 Å². The lowest BCUT2D eigenvalue weighted by Gasteiger charge is -2.19. The predicted molar refractivity (Wildman–Crippen MR) is 72.9 cm³/mol. The number of carboxylic acids is 1. The number of carbonyl (C=O) groups is 2. The number of amides is 1. The standard InChI is InChI=1S/C12H11BrClNO3/c1-2-5-15(7-11(16)17)12(18)8-3-4-10(14)9(13)6-8/h2-4,6H,1,5,7H2,(H,16,17). The Bertz CT molecular complexity index is 490. The summed E-state index contributed by atoms with van der Waals surface area (Å²) in [5, 5.41) is 9.23. The zero-order valence-corrected chi connectivity index (χ0v) is 11.7. The van der Waals surface area contributed by atoms with Crippen LogP contribution in [0, 0.1) is 0 Å². The van der Waals surface area contributed by atoms with Gasteiger partial charge in [0.2, 0.25) is 0 Å². The van der Waals surface area contributed by atoms with Gasteiger partial charge in [-0.2, -0.15) is 0 Å². The van der Waals surface area contributed by atoms with Crippen molar-refractivity contribution in [3.05, 3.63) is 45.9 Å². The van der Waals surface area contributed by atoms with Crippen LogP contribution in [0.5, 0.6) is 0 Å². The molecular formula is C12H11BrClNO3. The Balaban J connectivity index is 2.97. The molecule has 0 spiro atoms. The van der Waals surface area contributed by atoms with E-state index in [1.54, 1.807) is 18.2 Å². The fourth-order valence-electron chi connectivity index (χ4n) is 1.35. The molecule has 0 saturated heterocycles. The molecule has 0 aliphatic rings. The van der Waals surface area contributed by atoms with E-state index in [1.807, 2.05) is 0 Å². The maximum Gasteiger partial charge on any atom is 0.323 e. The lowest BCUT2D eigenvalue weighted by molar-refractivity contribution is -0.137. The minimum absolute atomic E-state index is 0.172. The summed E-state index contributed by atoms with van der Waals surface area (Å²) < 4.78 is 0.587. The van der Waals surface area contributed by atoms with Crippen molar-refractivity contribution in [1.29, 1.82) is 0 Å². The highest BCUT2D eigenvalue weighted by molar-refractivity contribution is 9.10. The molecule has 1 aromatic carbocycles. The van der Waals surface area contributed by atoms with E-state index in [1.165, 1.54) is 11.0 Å². The second-order valence-electron chi connectivity index (χ2n) is 3.50. The largest absolute Gasteiger partial charge is 0.480 e. The number of aliphatic carboxylic acids is 1. The van der Waals surface area contributed by atoms with E-state index in [9.17, 15) is 9.59 Å². The Morgan fingerprint density at radius 2 is 2.17 bits per heavy atom. The molecule has 0 unspecified atom stereocenters. The number of halogens is 2. The first-order valence-electron chi connectivity index (χ1n) is 5.02. The highest BCUT2D eigenvalue weighted by Gasteiger charge is 2.17. The Hall–Kier alpha value is -1.33. The summed E-state index contributed by atoms with van der Waals surface area (Å²) in [7, 11) is 0. The number of nitrogens with zero attached hydrogens (tertiary/aromatic N) is 1. The van der Waals surface area contributed by atoms with Gasteiger partial charge in [-0.15, -0.1) is 6.58 Å². The summed E-state index contributed by atoms with van der Waals surface area (Å²) in [5.74, 6) is -1.45. The first-order chi connectivity index (χ1) is 8.45. The van der Waals surface area contributed by atoms with Gasteiger partial charge in [-0.1, -0.05) is 17.7 Å². The molecule has 0 atom stereocenters. The third-order valence-electron chi connectivity index (χ3n) is 2.13. The molecule has 0 aliphatic carbocycles. The van der Waals surface area contributed by atoms with Crippen LogP contribution in [0.4, 0.5) is 0 Å². The summed E-state index contributed by atoms with van der Waals surface area (Å²) >= 11 is 9.04. The van der Waals surface area contributed by atoms with Crippen molar-refractivity contribution in [2.45, 2.75) is 0 Å². The highest BCUT2D eigenvalue weighted by Crippen LogP contribution is 2.23. The van der Waals surface area contributed by atoms with Gasteiger partial charge in [0.05, 0.1) is 5.02 Å². The van der Waals surface area contributed by atoms with Crippen molar-refractivity contribution in [3.63, 3.8) is 0 Å². The Labute approximate surface area is 118 Å². The maximum absolute atomic E-state index is 12.1. The predicted octanol–water partition coefficient (Wildman–Crippen LogP) is 2.82. The molecule has 96 valence electrons. The van der Waals surface area contributed by atoms with Crippen LogP contribution in [0.1, 0.15) is 10.4 Å². The number of benzene rings is 1. The lowest BCUT2D eigenvalue weighted by atomic mass is 10.2. The summed E-state index contributed by atoms with van der Waals surface area (Å²) in [6.45, 7) is 3.30. The summed E-state index contributed by atoms with van der Waals surface area (Å²) in [5.41, 5.74) is 0.370. The van der Waals surface area contributed by atoms with Crippen molar-refractivity contribution in [1.82, 2.24) is 4.90 Å². The smallest absolute Gasteiger partial charge is 0.323 e. The molecule has 18 heavy (non-hydrogen) atoms. The van der Waals surface area contributed by atoms with E-state index in [-0.39, 0.29) is 19.0 Å². The van der Waals surface area contributed by atoms with Gasteiger partial charge in [-0.05, 0) is 34.1 Å². The molecule has 0 aromatic heterocycles. The molecular weight excluding hydrogens is 321 g/mol. The van der Waals surface area contributed by atoms with Gasteiger partial charge >= 0.3 is 5.97 Å². The zero-order chi connectivity index (χ0) is 13.7. The Kier molecular flexibility index (Phi) is 5.37. The van der Waals surface area contributed by atoms with E-state index in [0.717, 1.165) is 0 Å². The average molecular weight is 333 g/mol. The van der Waals surface area contributed by atoms with E-state index >= 15 is 0 Å². The SMILES string of the molecule is C=CCN(CC(=O)O)C(=O)c1ccc(Cl)c(Br)c1. The van der Waals surface area contributed by atoms with Crippen molar-refractivity contribution < 1.29 is 14.7 Å². The molecule has 1 N–H and O–H groups in total. The molecule has 1 aromatic rings. The summed E-state index contributed by atoms with van der Waals surface area (Å²) in [6, 6.07) is 4.68. The zero-order valence-electron chi connectivity index (χ0n) is 9.40. The quantitative estimate of drug-likeness (QED) is 0.844. The first kappa shape index (κ1) is 14.7. The fourth-order valence-corrected chi connectivity index (χ4v) is 1.85. The van der Waals surface area contributed by atoms with E-state index in [4.69, 9.17) is 16.7 Å². The maximum atomic E-state index is 12.1. The molecule has 0 bridgehead atoms. The van der Waals surface area contributed by atoms with E-state index < -0.39 is 5.97 Å². The van der Waals surface area contributed by atoms with E-state index in [2.05, 4.69) is 22.5 Å². The molecule has 0 fully saturated rings. The summed E-state index contributed by atoms with van der Waals surface area (Å²) in [6.07, 6.45) is 1.48. The van der Waals surface area contributed by atoms with Crippen LogP contribution < -0.4 is 0 Å². The normalized spacial score (nSPS) is 9.89. The van der Waals surface area contributed by atoms with Crippen LogP contribution in [0.3, 0.4) is 0 Å². The van der Waals surface area contributed by atoms with Crippen molar-refractivity contribution in [2.24, 2.45) is 0 Å². The van der Waals surface area contributed by atoms with Gasteiger partial charge in [0.1, 0.15) is 6.54 Å². The van der Waals surface area contributed by atoms with Crippen LogP contribution in [0.15, 0.2) is 35.3 Å². The molecule has 0 radical (unpaired) electrons. The molecule has 1 amide bonds. The van der Waals surface area contributed by atoms with Crippen molar-refractivity contribution in [3.8, 4) is 0 Å². The van der Waals surface area contributed by atoms with E-state index in [0.29, 0.717) is 15.1 Å². The van der Waals surface area contributed by atoms with Crippen LogP contribution in [-0.2, 0) is 4.79 Å². The number of carboxylic acid groups (broad SMARTS) is 1. The van der Waals surface area contributed by atoms with Gasteiger partial charge < -0.3 is 10.0 Å². The minimum Gasteiger partial charge on any atom is -0.480 e. The van der Waals surface area contributed by atoms with Gasteiger partial charge in [-0.25, -0.2) is 0 Å². The second-order valence-corrected chi connectivity index (χ2v) is 4.76. The number of rotatable bonds is 5. The molecule has 4 nitrogen and oxygen atoms in total. The number of hydrogen-bond acceptors (Lipinski definition) is 2. The van der Waals surface area contributed by atoms with Gasteiger partial charge in [0.15, 0.2) is 0 Å².